The monoisotopic (exact) mass is 260 g/mol. The van der Waals surface area contributed by atoms with Crippen LogP contribution in [0.2, 0.25) is 0 Å². The summed E-state index contributed by atoms with van der Waals surface area (Å²) < 4.78 is 20.3. The molecule has 0 aliphatic rings. The molecule has 2 N–H and O–H groups in total. The Morgan fingerprint density at radius 2 is 2.05 bits per heavy atom. The Morgan fingerprint density at radius 3 is 2.79 bits per heavy atom. The van der Waals surface area contributed by atoms with Gasteiger partial charge in [-0.05, 0) is 0 Å². The number of pyridine rings is 1. The predicted octanol–water partition coefficient (Wildman–Crippen LogP) is 0.916. The second-order valence-corrected chi connectivity index (χ2v) is 3.76. The van der Waals surface area contributed by atoms with E-state index in [1.54, 1.807) is 0 Å². The van der Waals surface area contributed by atoms with Crippen LogP contribution in [0.1, 0.15) is 0 Å². The minimum absolute atomic E-state index is 0.196. The molecule has 0 saturated heterocycles. The van der Waals surface area contributed by atoms with Crippen molar-refractivity contribution in [2.75, 3.05) is 12.8 Å². The lowest BCUT2D eigenvalue weighted by molar-refractivity contribution is 0.394. The maximum atomic E-state index is 14.0. The maximum absolute atomic E-state index is 14.0. The van der Waals surface area contributed by atoms with Crippen LogP contribution in [0.4, 0.5) is 10.3 Å². The number of anilines is 1. The highest BCUT2D eigenvalue weighted by atomic mass is 19.1. The van der Waals surface area contributed by atoms with Gasteiger partial charge in [-0.25, -0.2) is 14.4 Å². The van der Waals surface area contributed by atoms with E-state index in [9.17, 15) is 4.39 Å². The SMILES string of the molecule is COc1cc(F)c(-c2cnc(N)n3cnnc23)cn1. The van der Waals surface area contributed by atoms with Gasteiger partial charge in [0, 0.05) is 29.6 Å². The molecule has 0 saturated carbocycles. The van der Waals surface area contributed by atoms with Crippen molar-refractivity contribution in [3.8, 4) is 17.0 Å². The lowest BCUT2D eigenvalue weighted by Gasteiger charge is -2.06. The van der Waals surface area contributed by atoms with E-state index in [1.165, 1.54) is 36.3 Å². The fourth-order valence-corrected chi connectivity index (χ4v) is 1.75. The molecule has 3 rings (SSSR count). The molecule has 7 nitrogen and oxygen atoms in total. The van der Waals surface area contributed by atoms with Gasteiger partial charge in [-0.15, -0.1) is 10.2 Å². The van der Waals surface area contributed by atoms with Crippen molar-refractivity contribution in [3.63, 3.8) is 0 Å². The van der Waals surface area contributed by atoms with Gasteiger partial charge in [0.1, 0.15) is 12.1 Å². The number of aromatic nitrogens is 5. The molecule has 19 heavy (non-hydrogen) atoms. The van der Waals surface area contributed by atoms with E-state index in [1.807, 2.05) is 0 Å². The highest BCUT2D eigenvalue weighted by molar-refractivity contribution is 5.77. The lowest BCUT2D eigenvalue weighted by Crippen LogP contribution is -2.01. The third kappa shape index (κ3) is 1.73. The molecule has 0 fully saturated rings. The molecule has 0 aromatic carbocycles. The molecule has 0 unspecified atom stereocenters. The number of nitrogen functional groups attached to an aromatic ring is 1. The first-order chi connectivity index (χ1) is 9.20. The molecule has 0 bridgehead atoms. The van der Waals surface area contributed by atoms with Gasteiger partial charge in [0.2, 0.25) is 11.8 Å². The predicted molar refractivity (Wildman–Crippen MR) is 64.9 cm³/mol. The van der Waals surface area contributed by atoms with E-state index in [-0.39, 0.29) is 17.4 Å². The number of nitrogens with two attached hydrogens (primary N) is 1. The first kappa shape index (κ1) is 11.3. The number of halogens is 1. The summed E-state index contributed by atoms with van der Waals surface area (Å²) in [4.78, 5) is 7.94. The number of ether oxygens (including phenoxy) is 1. The lowest BCUT2D eigenvalue weighted by atomic mass is 10.1. The number of fused-ring (bicyclic) bond motifs is 1. The molecular weight excluding hydrogens is 251 g/mol. The van der Waals surface area contributed by atoms with Crippen molar-refractivity contribution in [3.05, 3.63) is 30.6 Å². The van der Waals surface area contributed by atoms with Gasteiger partial charge >= 0.3 is 0 Å². The van der Waals surface area contributed by atoms with Gasteiger partial charge in [-0.3, -0.25) is 4.40 Å². The van der Waals surface area contributed by atoms with Crippen LogP contribution < -0.4 is 10.5 Å². The second kappa shape index (κ2) is 4.16. The molecule has 0 aliphatic heterocycles. The minimum atomic E-state index is -0.483. The maximum Gasteiger partial charge on any atom is 0.215 e. The summed E-state index contributed by atoms with van der Waals surface area (Å²) in [5.74, 6) is -0.0592. The average molecular weight is 260 g/mol. The Morgan fingerprint density at radius 1 is 1.26 bits per heavy atom. The smallest absolute Gasteiger partial charge is 0.215 e. The van der Waals surface area contributed by atoms with Crippen LogP contribution in [0.15, 0.2) is 24.8 Å². The number of hydrogen-bond donors (Lipinski definition) is 1. The van der Waals surface area contributed by atoms with Gasteiger partial charge in [-0.2, -0.15) is 0 Å². The zero-order valence-corrected chi connectivity index (χ0v) is 9.91. The second-order valence-electron chi connectivity index (χ2n) is 3.76. The standard InChI is InChI=1S/C11H9FN6O/c1-19-9-2-8(12)6(3-14-9)7-4-15-11(13)18-5-16-17-10(7)18/h2-5H,1H3,(H2,13,15). The molecule has 96 valence electrons. The van der Waals surface area contributed by atoms with Crippen LogP contribution in [-0.4, -0.2) is 31.7 Å². The van der Waals surface area contributed by atoms with Gasteiger partial charge in [0.15, 0.2) is 5.65 Å². The van der Waals surface area contributed by atoms with Crippen molar-refractivity contribution < 1.29 is 9.13 Å². The fraction of sp³-hybridized carbons (Fsp3) is 0.0909. The summed E-state index contributed by atoms with van der Waals surface area (Å²) in [6.45, 7) is 0. The van der Waals surface area contributed by atoms with E-state index in [2.05, 4.69) is 20.2 Å². The van der Waals surface area contributed by atoms with E-state index in [0.29, 0.717) is 11.2 Å². The largest absolute Gasteiger partial charge is 0.481 e. The number of hydrogen-bond acceptors (Lipinski definition) is 6. The molecule has 0 radical (unpaired) electrons. The van der Waals surface area contributed by atoms with Gasteiger partial charge in [0.25, 0.3) is 0 Å². The third-order valence-electron chi connectivity index (χ3n) is 2.69. The number of methoxy groups -OCH3 is 1. The Kier molecular flexibility index (Phi) is 2.48. The molecule has 0 atom stereocenters. The molecule has 0 amide bonds. The van der Waals surface area contributed by atoms with Crippen LogP contribution >= 0.6 is 0 Å². The Labute approximate surface area is 106 Å². The van der Waals surface area contributed by atoms with Gasteiger partial charge in [-0.1, -0.05) is 0 Å². The normalized spacial score (nSPS) is 10.8. The van der Waals surface area contributed by atoms with Crippen molar-refractivity contribution >= 4 is 11.6 Å². The summed E-state index contributed by atoms with van der Waals surface area (Å²) in [6.07, 6.45) is 4.21. The molecule has 8 heteroatoms. The zero-order valence-electron chi connectivity index (χ0n) is 9.91. The zero-order chi connectivity index (χ0) is 13.4. The van der Waals surface area contributed by atoms with Crippen molar-refractivity contribution in [2.45, 2.75) is 0 Å². The van der Waals surface area contributed by atoms with Gasteiger partial charge < -0.3 is 10.5 Å². The Balaban J connectivity index is 2.25. The van der Waals surface area contributed by atoms with Crippen LogP contribution in [-0.2, 0) is 0 Å². The van der Waals surface area contributed by atoms with E-state index in [0.717, 1.165) is 0 Å². The van der Waals surface area contributed by atoms with E-state index >= 15 is 0 Å². The molecule has 3 heterocycles. The molecule has 3 aromatic heterocycles. The fourth-order valence-electron chi connectivity index (χ4n) is 1.75. The molecule has 0 aliphatic carbocycles. The number of nitrogens with zero attached hydrogens (tertiary/aromatic N) is 5. The summed E-state index contributed by atoms with van der Waals surface area (Å²) in [7, 11) is 1.42. The molecule has 3 aromatic rings. The first-order valence-electron chi connectivity index (χ1n) is 5.35. The third-order valence-corrected chi connectivity index (χ3v) is 2.69. The summed E-state index contributed by atoms with van der Waals surface area (Å²) in [5, 5.41) is 7.64. The van der Waals surface area contributed by atoms with Crippen LogP contribution in [0.25, 0.3) is 16.8 Å². The number of rotatable bonds is 2. The van der Waals surface area contributed by atoms with Gasteiger partial charge in [0.05, 0.1) is 7.11 Å². The average Bonchev–Trinajstić information content (AvgIpc) is 2.90. The Hall–Kier alpha value is -2.77. The molecule has 0 spiro atoms. The highest BCUT2D eigenvalue weighted by Crippen LogP contribution is 2.27. The van der Waals surface area contributed by atoms with Crippen LogP contribution in [0.5, 0.6) is 5.88 Å². The first-order valence-corrected chi connectivity index (χ1v) is 5.35. The van der Waals surface area contributed by atoms with Crippen molar-refractivity contribution in [1.82, 2.24) is 24.6 Å². The summed E-state index contributed by atoms with van der Waals surface area (Å²) in [5.41, 5.74) is 6.80. The van der Waals surface area contributed by atoms with E-state index < -0.39 is 5.82 Å². The minimum Gasteiger partial charge on any atom is -0.481 e. The summed E-state index contributed by atoms with van der Waals surface area (Å²) >= 11 is 0. The topological polar surface area (TPSA) is 91.2 Å². The molecular formula is C11H9FN6O. The highest BCUT2D eigenvalue weighted by Gasteiger charge is 2.14. The van der Waals surface area contributed by atoms with Crippen molar-refractivity contribution in [2.24, 2.45) is 0 Å². The van der Waals surface area contributed by atoms with Crippen LogP contribution in [0.3, 0.4) is 0 Å². The van der Waals surface area contributed by atoms with E-state index in [4.69, 9.17) is 10.5 Å². The van der Waals surface area contributed by atoms with Crippen molar-refractivity contribution in [1.29, 1.82) is 0 Å². The Bertz CT molecular complexity index is 756. The quantitative estimate of drug-likeness (QED) is 0.736. The summed E-state index contributed by atoms with van der Waals surface area (Å²) in [6, 6.07) is 1.19. The van der Waals surface area contributed by atoms with Crippen LogP contribution in [0, 0.1) is 5.82 Å².